The lowest BCUT2D eigenvalue weighted by atomic mass is 10.1. The van der Waals surface area contributed by atoms with Gasteiger partial charge in [0.2, 0.25) is 0 Å². The van der Waals surface area contributed by atoms with Crippen LogP contribution in [-0.4, -0.2) is 5.97 Å². The smallest absolute Gasteiger partial charge is 0.328 e. The Labute approximate surface area is 88.6 Å². The van der Waals surface area contributed by atoms with Gasteiger partial charge in [0.05, 0.1) is 5.92 Å². The van der Waals surface area contributed by atoms with Crippen LogP contribution in [0.5, 0.6) is 0 Å². The van der Waals surface area contributed by atoms with Crippen LogP contribution in [0, 0.1) is 5.92 Å². The predicted molar refractivity (Wildman–Crippen MR) is 54.9 cm³/mol. The van der Waals surface area contributed by atoms with Crippen molar-refractivity contribution in [3.63, 3.8) is 0 Å². The van der Waals surface area contributed by atoms with Crippen LogP contribution >= 0.6 is 12.4 Å². The number of hydrogen-bond acceptors (Lipinski definition) is 3. The second-order valence-corrected chi connectivity index (χ2v) is 3.31. The van der Waals surface area contributed by atoms with E-state index in [1.165, 1.54) is 11.1 Å². The zero-order valence-electron chi connectivity index (χ0n) is 7.60. The molecule has 2 N–H and O–H groups in total. The molecule has 0 unspecified atom stereocenters. The zero-order valence-corrected chi connectivity index (χ0v) is 8.42. The minimum Gasteiger partial charge on any atom is -0.373 e. The highest BCUT2D eigenvalue weighted by Gasteiger charge is 2.27. The van der Waals surface area contributed by atoms with Crippen molar-refractivity contribution in [1.29, 1.82) is 0 Å². The number of carbonyl (C=O) groups excluding carboxylic acids is 1. The average molecular weight is 214 g/mol. The second-order valence-electron chi connectivity index (χ2n) is 3.31. The fourth-order valence-corrected chi connectivity index (χ4v) is 1.82. The highest BCUT2D eigenvalue weighted by Crippen LogP contribution is 2.26. The molecule has 1 aromatic rings. The van der Waals surface area contributed by atoms with Crippen molar-refractivity contribution in [2.75, 3.05) is 0 Å². The Balaban J connectivity index is 0.000000980. The number of rotatable bonds is 1. The molecule has 0 fully saturated rings. The van der Waals surface area contributed by atoms with Crippen LogP contribution in [0.4, 0.5) is 0 Å². The minimum atomic E-state index is -0.309. The SMILES string of the molecule is Cl.NOC(=O)C1Cc2ccccc2C1. The summed E-state index contributed by atoms with van der Waals surface area (Å²) in [4.78, 5) is 15.4. The van der Waals surface area contributed by atoms with Crippen LogP contribution in [0.15, 0.2) is 24.3 Å². The molecule has 1 aromatic carbocycles. The molecular formula is C10H12ClNO2. The molecule has 4 heteroatoms. The summed E-state index contributed by atoms with van der Waals surface area (Å²) < 4.78 is 0. The lowest BCUT2D eigenvalue weighted by Crippen LogP contribution is -2.20. The monoisotopic (exact) mass is 213 g/mol. The van der Waals surface area contributed by atoms with E-state index in [2.05, 4.69) is 4.84 Å². The summed E-state index contributed by atoms with van der Waals surface area (Å²) in [5.74, 6) is 4.45. The molecule has 76 valence electrons. The Hall–Kier alpha value is -1.06. The second kappa shape index (κ2) is 4.44. The first kappa shape index (κ1) is 11.0. The van der Waals surface area contributed by atoms with Crippen molar-refractivity contribution >= 4 is 18.4 Å². The van der Waals surface area contributed by atoms with Crippen LogP contribution in [-0.2, 0) is 22.5 Å². The number of carbonyl (C=O) groups is 1. The predicted octanol–water partition coefficient (Wildman–Crippen LogP) is 1.24. The molecule has 0 spiro atoms. The van der Waals surface area contributed by atoms with Crippen LogP contribution < -0.4 is 5.90 Å². The largest absolute Gasteiger partial charge is 0.373 e. The Bertz CT molecular complexity index is 316. The fraction of sp³-hybridized carbons (Fsp3) is 0.300. The third-order valence-corrected chi connectivity index (χ3v) is 2.50. The summed E-state index contributed by atoms with van der Waals surface area (Å²) in [7, 11) is 0. The summed E-state index contributed by atoms with van der Waals surface area (Å²) in [6.45, 7) is 0. The van der Waals surface area contributed by atoms with E-state index < -0.39 is 0 Å². The first-order valence-electron chi connectivity index (χ1n) is 4.28. The lowest BCUT2D eigenvalue weighted by molar-refractivity contribution is -0.148. The highest BCUT2D eigenvalue weighted by atomic mass is 35.5. The molecule has 0 amide bonds. The maximum Gasteiger partial charge on any atom is 0.328 e. The number of nitrogens with two attached hydrogens (primary N) is 1. The summed E-state index contributed by atoms with van der Waals surface area (Å²) in [6, 6.07) is 8.04. The van der Waals surface area contributed by atoms with E-state index in [1.807, 2.05) is 24.3 Å². The van der Waals surface area contributed by atoms with E-state index in [0.29, 0.717) is 0 Å². The van der Waals surface area contributed by atoms with E-state index in [1.54, 1.807) is 0 Å². The van der Waals surface area contributed by atoms with Gasteiger partial charge in [0.15, 0.2) is 0 Å². The quantitative estimate of drug-likeness (QED) is 0.715. The molecule has 0 radical (unpaired) electrons. The third-order valence-electron chi connectivity index (χ3n) is 2.50. The van der Waals surface area contributed by atoms with Gasteiger partial charge in [-0.25, -0.2) is 0 Å². The van der Waals surface area contributed by atoms with E-state index >= 15 is 0 Å². The summed E-state index contributed by atoms with van der Waals surface area (Å²) in [5.41, 5.74) is 2.47. The van der Waals surface area contributed by atoms with Crippen LogP contribution in [0.25, 0.3) is 0 Å². The number of benzene rings is 1. The van der Waals surface area contributed by atoms with Gasteiger partial charge >= 0.3 is 5.97 Å². The average Bonchev–Trinajstić information content (AvgIpc) is 2.59. The lowest BCUT2D eigenvalue weighted by Gasteiger charge is -2.03. The molecule has 0 atom stereocenters. The normalized spacial score (nSPS) is 14.4. The molecule has 0 heterocycles. The summed E-state index contributed by atoms with van der Waals surface area (Å²) in [6.07, 6.45) is 1.51. The van der Waals surface area contributed by atoms with Gasteiger partial charge in [-0.3, -0.25) is 4.79 Å². The van der Waals surface area contributed by atoms with E-state index in [-0.39, 0.29) is 24.3 Å². The molecule has 0 aliphatic heterocycles. The van der Waals surface area contributed by atoms with Crippen molar-refractivity contribution in [2.45, 2.75) is 12.8 Å². The molecule has 1 aliphatic carbocycles. The van der Waals surface area contributed by atoms with Crippen LogP contribution in [0.2, 0.25) is 0 Å². The van der Waals surface area contributed by atoms with Gasteiger partial charge in [-0.2, -0.15) is 5.90 Å². The van der Waals surface area contributed by atoms with Crippen molar-refractivity contribution in [2.24, 2.45) is 11.8 Å². The van der Waals surface area contributed by atoms with Crippen molar-refractivity contribution in [1.82, 2.24) is 0 Å². The van der Waals surface area contributed by atoms with Crippen molar-refractivity contribution in [3.05, 3.63) is 35.4 Å². The maximum absolute atomic E-state index is 11.1. The molecule has 0 bridgehead atoms. The zero-order chi connectivity index (χ0) is 9.26. The molecule has 0 saturated heterocycles. The summed E-state index contributed by atoms with van der Waals surface area (Å²) >= 11 is 0. The first-order chi connectivity index (χ1) is 6.31. The van der Waals surface area contributed by atoms with Gasteiger partial charge < -0.3 is 4.84 Å². The third kappa shape index (κ3) is 1.89. The van der Waals surface area contributed by atoms with Gasteiger partial charge in [-0.1, -0.05) is 24.3 Å². The number of halogens is 1. The van der Waals surface area contributed by atoms with Gasteiger partial charge in [0.1, 0.15) is 0 Å². The van der Waals surface area contributed by atoms with Gasteiger partial charge in [-0.05, 0) is 24.0 Å². The minimum absolute atomic E-state index is 0. The molecule has 3 nitrogen and oxygen atoms in total. The van der Waals surface area contributed by atoms with Crippen molar-refractivity contribution < 1.29 is 9.63 Å². The molecule has 1 aliphatic rings. The molecular weight excluding hydrogens is 202 g/mol. The summed E-state index contributed by atoms with van der Waals surface area (Å²) in [5, 5.41) is 0. The highest BCUT2D eigenvalue weighted by molar-refractivity contribution is 5.85. The van der Waals surface area contributed by atoms with Gasteiger partial charge in [-0.15, -0.1) is 12.4 Å². The Kier molecular flexibility index (Phi) is 3.49. The topological polar surface area (TPSA) is 52.3 Å². The molecule has 0 aromatic heterocycles. The van der Waals surface area contributed by atoms with Crippen molar-refractivity contribution in [3.8, 4) is 0 Å². The van der Waals surface area contributed by atoms with Gasteiger partial charge in [0, 0.05) is 0 Å². The Morgan fingerprint density at radius 1 is 1.29 bits per heavy atom. The fourth-order valence-electron chi connectivity index (χ4n) is 1.82. The van der Waals surface area contributed by atoms with E-state index in [0.717, 1.165) is 12.8 Å². The van der Waals surface area contributed by atoms with Crippen LogP contribution in [0.1, 0.15) is 11.1 Å². The molecule has 0 saturated carbocycles. The molecule has 2 rings (SSSR count). The van der Waals surface area contributed by atoms with Gasteiger partial charge in [0.25, 0.3) is 0 Å². The molecule has 14 heavy (non-hydrogen) atoms. The maximum atomic E-state index is 11.1. The Morgan fingerprint density at radius 2 is 1.79 bits per heavy atom. The number of fused-ring (bicyclic) bond motifs is 1. The van der Waals surface area contributed by atoms with E-state index in [9.17, 15) is 4.79 Å². The first-order valence-corrected chi connectivity index (χ1v) is 4.28. The standard InChI is InChI=1S/C10H11NO2.ClH/c11-13-10(12)9-5-7-3-1-2-4-8(7)6-9;/h1-4,9H,5-6,11H2;1H. The Morgan fingerprint density at radius 3 is 2.21 bits per heavy atom. The van der Waals surface area contributed by atoms with E-state index in [4.69, 9.17) is 5.90 Å². The van der Waals surface area contributed by atoms with Crippen LogP contribution in [0.3, 0.4) is 0 Å². The number of hydrogen-bond donors (Lipinski definition) is 1.